The number of nitrogens with two attached hydrogens (primary N) is 1. The second-order valence-corrected chi connectivity index (χ2v) is 8.12. The summed E-state index contributed by atoms with van der Waals surface area (Å²) < 4.78 is 14.8. The van der Waals surface area contributed by atoms with E-state index in [-0.39, 0.29) is 5.82 Å². The number of pyridine rings is 2. The standard InChI is InChI=1S/C27H22FN5O/c28-22-7-2-8-23-25(22)24(11-15-31-23)33-27(12-3-4-18(17-27)26(29)34)19-5-1-6-21(16-19)32-20-9-13-30-14-10-20/h1-16H,17H2,(H2,29,34)(H,30,32)(H,31,33). The van der Waals surface area contributed by atoms with Gasteiger partial charge in [0, 0.05) is 47.6 Å². The van der Waals surface area contributed by atoms with Gasteiger partial charge in [0.2, 0.25) is 5.91 Å². The predicted molar refractivity (Wildman–Crippen MR) is 132 cm³/mol. The van der Waals surface area contributed by atoms with E-state index >= 15 is 0 Å². The number of hydrogen-bond donors (Lipinski definition) is 3. The highest BCUT2D eigenvalue weighted by Gasteiger charge is 2.34. The molecule has 4 N–H and O–H groups in total. The van der Waals surface area contributed by atoms with Gasteiger partial charge < -0.3 is 16.4 Å². The Morgan fingerprint density at radius 3 is 2.65 bits per heavy atom. The van der Waals surface area contributed by atoms with E-state index in [1.54, 1.807) is 48.9 Å². The maximum absolute atomic E-state index is 14.8. The number of anilines is 3. The Morgan fingerprint density at radius 1 is 1.00 bits per heavy atom. The fourth-order valence-corrected chi connectivity index (χ4v) is 4.26. The molecule has 1 aliphatic rings. The van der Waals surface area contributed by atoms with Crippen molar-refractivity contribution >= 4 is 33.9 Å². The first-order chi connectivity index (χ1) is 16.5. The highest BCUT2D eigenvalue weighted by Crippen LogP contribution is 2.39. The van der Waals surface area contributed by atoms with Crippen LogP contribution < -0.4 is 16.4 Å². The maximum Gasteiger partial charge on any atom is 0.244 e. The molecule has 0 saturated carbocycles. The number of carbonyl (C=O) groups is 1. The molecule has 4 aromatic rings. The number of carbonyl (C=O) groups excluding carboxylic acids is 1. The molecule has 2 heterocycles. The van der Waals surface area contributed by atoms with Crippen LogP contribution in [0.5, 0.6) is 0 Å². The molecule has 2 aromatic carbocycles. The molecule has 7 heteroatoms. The molecule has 1 atom stereocenters. The summed E-state index contributed by atoms with van der Waals surface area (Å²) in [6, 6.07) is 18.2. The molecular weight excluding hydrogens is 429 g/mol. The Bertz CT molecular complexity index is 1430. The minimum Gasteiger partial charge on any atom is -0.371 e. The van der Waals surface area contributed by atoms with Crippen LogP contribution in [0.1, 0.15) is 12.0 Å². The summed E-state index contributed by atoms with van der Waals surface area (Å²) in [5, 5.41) is 7.27. The van der Waals surface area contributed by atoms with Gasteiger partial charge >= 0.3 is 0 Å². The zero-order valence-electron chi connectivity index (χ0n) is 18.2. The van der Waals surface area contributed by atoms with Gasteiger partial charge in [-0.3, -0.25) is 14.8 Å². The minimum atomic E-state index is -0.842. The van der Waals surface area contributed by atoms with Gasteiger partial charge in [-0.25, -0.2) is 4.39 Å². The van der Waals surface area contributed by atoms with Gasteiger partial charge in [-0.15, -0.1) is 0 Å². The third kappa shape index (κ3) is 4.11. The van der Waals surface area contributed by atoms with Crippen LogP contribution in [-0.2, 0) is 10.3 Å². The molecule has 1 unspecified atom stereocenters. The molecule has 2 aromatic heterocycles. The van der Waals surface area contributed by atoms with Crippen molar-refractivity contribution in [2.24, 2.45) is 5.73 Å². The lowest BCUT2D eigenvalue weighted by Gasteiger charge is -2.36. The number of allylic oxidation sites excluding steroid dienone is 2. The SMILES string of the molecule is NC(=O)C1=CC=CC(Nc2ccnc3cccc(F)c23)(c2cccc(Nc3ccncc3)c2)C1. The molecular formula is C27H22FN5O. The molecule has 0 fully saturated rings. The summed E-state index contributed by atoms with van der Waals surface area (Å²) in [5.74, 6) is -0.867. The average Bonchev–Trinajstić information content (AvgIpc) is 2.85. The summed E-state index contributed by atoms with van der Waals surface area (Å²) in [5.41, 5.74) is 9.04. The summed E-state index contributed by atoms with van der Waals surface area (Å²) in [6.45, 7) is 0. The van der Waals surface area contributed by atoms with Gasteiger partial charge in [0.05, 0.1) is 16.4 Å². The molecule has 0 saturated heterocycles. The molecule has 1 amide bonds. The smallest absolute Gasteiger partial charge is 0.244 e. The summed E-state index contributed by atoms with van der Waals surface area (Å²) in [7, 11) is 0. The number of hydrogen-bond acceptors (Lipinski definition) is 5. The average molecular weight is 452 g/mol. The van der Waals surface area contributed by atoms with E-state index in [9.17, 15) is 9.18 Å². The molecule has 0 bridgehead atoms. The zero-order valence-corrected chi connectivity index (χ0v) is 18.2. The first-order valence-electron chi connectivity index (χ1n) is 10.8. The summed E-state index contributed by atoms with van der Waals surface area (Å²) in [6.07, 6.45) is 10.9. The molecule has 34 heavy (non-hydrogen) atoms. The van der Waals surface area contributed by atoms with Crippen molar-refractivity contribution in [2.75, 3.05) is 10.6 Å². The molecule has 6 nitrogen and oxygen atoms in total. The lowest BCUT2D eigenvalue weighted by atomic mass is 9.79. The monoisotopic (exact) mass is 451 g/mol. The van der Waals surface area contributed by atoms with Crippen LogP contribution in [0.4, 0.5) is 21.5 Å². The Hall–Kier alpha value is -4.52. The van der Waals surface area contributed by atoms with Crippen molar-refractivity contribution in [2.45, 2.75) is 12.0 Å². The van der Waals surface area contributed by atoms with E-state index < -0.39 is 11.4 Å². The van der Waals surface area contributed by atoms with Crippen LogP contribution in [0.2, 0.25) is 0 Å². The van der Waals surface area contributed by atoms with E-state index in [0.717, 1.165) is 16.9 Å². The lowest BCUT2D eigenvalue weighted by molar-refractivity contribution is -0.114. The Kier molecular flexibility index (Phi) is 5.51. The van der Waals surface area contributed by atoms with E-state index in [0.29, 0.717) is 28.6 Å². The van der Waals surface area contributed by atoms with E-state index in [1.165, 1.54) is 6.07 Å². The van der Waals surface area contributed by atoms with Gasteiger partial charge in [-0.2, -0.15) is 0 Å². The zero-order chi connectivity index (χ0) is 23.5. The van der Waals surface area contributed by atoms with Gasteiger partial charge in [0.25, 0.3) is 0 Å². The third-order valence-electron chi connectivity index (χ3n) is 5.88. The largest absolute Gasteiger partial charge is 0.371 e. The number of primary amides is 1. The van der Waals surface area contributed by atoms with E-state index in [2.05, 4.69) is 20.6 Å². The number of halogens is 1. The number of benzene rings is 2. The Labute approximate surface area is 196 Å². The second-order valence-electron chi connectivity index (χ2n) is 8.12. The number of nitrogens with one attached hydrogen (secondary N) is 2. The van der Waals surface area contributed by atoms with Crippen LogP contribution >= 0.6 is 0 Å². The van der Waals surface area contributed by atoms with Crippen molar-refractivity contribution in [3.8, 4) is 0 Å². The van der Waals surface area contributed by atoms with Crippen LogP contribution in [0.25, 0.3) is 10.9 Å². The minimum absolute atomic E-state index is 0.301. The normalized spacial score (nSPS) is 17.3. The molecule has 5 rings (SSSR count). The van der Waals surface area contributed by atoms with Gasteiger partial charge in [0.15, 0.2) is 0 Å². The highest BCUT2D eigenvalue weighted by molar-refractivity contribution is 5.94. The van der Waals surface area contributed by atoms with E-state index in [1.807, 2.05) is 42.5 Å². The number of fused-ring (bicyclic) bond motifs is 1. The molecule has 168 valence electrons. The van der Waals surface area contributed by atoms with Crippen LogP contribution in [0.15, 0.2) is 103 Å². The van der Waals surface area contributed by atoms with Crippen LogP contribution in [-0.4, -0.2) is 15.9 Å². The lowest BCUT2D eigenvalue weighted by Crippen LogP contribution is -2.37. The Morgan fingerprint density at radius 2 is 1.82 bits per heavy atom. The third-order valence-corrected chi connectivity index (χ3v) is 5.88. The fraction of sp³-hybridized carbons (Fsp3) is 0.0741. The highest BCUT2D eigenvalue weighted by atomic mass is 19.1. The van der Waals surface area contributed by atoms with Gasteiger partial charge in [-0.1, -0.05) is 36.4 Å². The van der Waals surface area contributed by atoms with Crippen LogP contribution in [0, 0.1) is 5.82 Å². The first kappa shape index (κ1) is 21.3. The molecule has 0 aliphatic heterocycles. The van der Waals surface area contributed by atoms with Crippen molar-refractivity contribution in [1.29, 1.82) is 0 Å². The molecule has 0 spiro atoms. The molecule has 1 aliphatic carbocycles. The first-order valence-corrected chi connectivity index (χ1v) is 10.8. The van der Waals surface area contributed by atoms with Crippen molar-refractivity contribution in [3.05, 3.63) is 114 Å². The quantitative estimate of drug-likeness (QED) is 0.375. The van der Waals surface area contributed by atoms with E-state index in [4.69, 9.17) is 5.73 Å². The topological polar surface area (TPSA) is 92.9 Å². The number of nitrogens with zero attached hydrogens (tertiary/aromatic N) is 2. The van der Waals surface area contributed by atoms with Crippen molar-refractivity contribution < 1.29 is 9.18 Å². The van der Waals surface area contributed by atoms with Crippen molar-refractivity contribution in [3.63, 3.8) is 0 Å². The fourth-order valence-electron chi connectivity index (χ4n) is 4.26. The molecule has 0 radical (unpaired) electrons. The summed E-state index contributed by atoms with van der Waals surface area (Å²) in [4.78, 5) is 20.4. The van der Waals surface area contributed by atoms with Gasteiger partial charge in [-0.05, 0) is 48.0 Å². The predicted octanol–water partition coefficient (Wildman–Crippen LogP) is 5.19. The number of rotatable bonds is 6. The van der Waals surface area contributed by atoms with Gasteiger partial charge in [0.1, 0.15) is 5.82 Å². The summed E-state index contributed by atoms with van der Waals surface area (Å²) >= 11 is 0. The number of amides is 1. The number of aromatic nitrogens is 2. The second kappa shape index (κ2) is 8.78. The Balaban J connectivity index is 1.60. The van der Waals surface area contributed by atoms with Crippen molar-refractivity contribution in [1.82, 2.24) is 9.97 Å². The van der Waals surface area contributed by atoms with Crippen LogP contribution in [0.3, 0.4) is 0 Å². The maximum atomic E-state index is 14.8.